The lowest BCUT2D eigenvalue weighted by Crippen LogP contribution is -2.52. The van der Waals surface area contributed by atoms with Crippen LogP contribution in [-0.2, 0) is 19.1 Å². The third-order valence-corrected chi connectivity index (χ3v) is 5.93. The molecule has 0 aromatic heterocycles. The Morgan fingerprint density at radius 3 is 2.14 bits per heavy atom. The van der Waals surface area contributed by atoms with Gasteiger partial charge in [-0.2, -0.15) is 0 Å². The van der Waals surface area contributed by atoms with Crippen LogP contribution in [0.25, 0.3) is 11.1 Å². The zero-order valence-corrected chi connectivity index (χ0v) is 20.0. The number of nitrogens with zero attached hydrogens (tertiary/aromatic N) is 1. The average molecular weight is 485 g/mol. The number of aliphatic hydroxyl groups excluding tert-OH is 1. The molecule has 0 aliphatic heterocycles. The fourth-order valence-electron chi connectivity index (χ4n) is 4.31. The molecule has 1 atom stereocenters. The number of aliphatic carboxylic acids is 1. The number of hydrogen-bond donors (Lipinski definition) is 3. The molecule has 0 fully saturated rings. The Hall–Kier alpha value is -3.43. The quantitative estimate of drug-likeness (QED) is 0.396. The number of fused-ring (bicyclic) bond motifs is 3. The van der Waals surface area contributed by atoms with Gasteiger partial charge in [0.1, 0.15) is 12.6 Å². The monoisotopic (exact) mass is 484 g/mol. The fraction of sp³-hybridized carbons (Fsp3) is 0.423. The molecule has 1 aliphatic rings. The smallest absolute Gasteiger partial charge is 0.407 e. The van der Waals surface area contributed by atoms with E-state index in [1.54, 1.807) is 13.8 Å². The van der Waals surface area contributed by atoms with Crippen molar-refractivity contribution >= 4 is 18.0 Å². The molecule has 0 radical (unpaired) electrons. The molecule has 9 nitrogen and oxygen atoms in total. The third-order valence-electron chi connectivity index (χ3n) is 5.93. The Morgan fingerprint density at radius 2 is 1.60 bits per heavy atom. The van der Waals surface area contributed by atoms with Crippen molar-refractivity contribution in [3.8, 4) is 11.1 Å². The zero-order valence-electron chi connectivity index (χ0n) is 20.0. The van der Waals surface area contributed by atoms with Crippen molar-refractivity contribution < 1.29 is 34.1 Å². The van der Waals surface area contributed by atoms with Crippen LogP contribution in [0.1, 0.15) is 37.3 Å². The Balaban J connectivity index is 1.66. The van der Waals surface area contributed by atoms with Gasteiger partial charge in [0.15, 0.2) is 0 Å². The van der Waals surface area contributed by atoms with Crippen molar-refractivity contribution in [3.63, 3.8) is 0 Å². The number of ether oxygens (including phenoxy) is 2. The minimum Gasteiger partial charge on any atom is -0.481 e. The molecular weight excluding hydrogens is 452 g/mol. The first kappa shape index (κ1) is 26.2. The second-order valence-electron chi connectivity index (χ2n) is 8.58. The molecule has 3 rings (SSSR count). The number of nitrogens with one attached hydrogen (secondary N) is 1. The molecule has 0 heterocycles. The zero-order chi connectivity index (χ0) is 25.4. The van der Waals surface area contributed by atoms with Crippen molar-refractivity contribution in [2.45, 2.75) is 38.3 Å². The molecule has 9 heteroatoms. The SMILES string of the molecule is CC(C)N(CCOCCO)C(=O)C(CC(=O)O)NC(=O)OCC1c2ccccc2-c2ccccc21. The summed E-state index contributed by atoms with van der Waals surface area (Å²) in [7, 11) is 0. The van der Waals surface area contributed by atoms with E-state index in [1.807, 2.05) is 48.5 Å². The van der Waals surface area contributed by atoms with Crippen LogP contribution >= 0.6 is 0 Å². The second-order valence-corrected chi connectivity index (χ2v) is 8.58. The van der Waals surface area contributed by atoms with E-state index in [0.717, 1.165) is 22.3 Å². The number of benzene rings is 2. The number of rotatable bonds is 12. The highest BCUT2D eigenvalue weighted by Crippen LogP contribution is 2.44. The Kier molecular flexibility index (Phi) is 9.22. The third kappa shape index (κ3) is 6.58. The van der Waals surface area contributed by atoms with Crippen LogP contribution in [0.15, 0.2) is 48.5 Å². The molecule has 2 aromatic carbocycles. The number of carbonyl (C=O) groups is 3. The van der Waals surface area contributed by atoms with Gasteiger partial charge in [-0.25, -0.2) is 4.79 Å². The van der Waals surface area contributed by atoms with Gasteiger partial charge >= 0.3 is 12.1 Å². The first-order valence-corrected chi connectivity index (χ1v) is 11.7. The van der Waals surface area contributed by atoms with Gasteiger partial charge in [-0.1, -0.05) is 48.5 Å². The maximum absolute atomic E-state index is 13.1. The summed E-state index contributed by atoms with van der Waals surface area (Å²) in [6, 6.07) is 14.3. The summed E-state index contributed by atoms with van der Waals surface area (Å²) >= 11 is 0. The van der Waals surface area contributed by atoms with Crippen LogP contribution in [0.4, 0.5) is 4.79 Å². The number of carbonyl (C=O) groups excluding carboxylic acids is 2. The lowest BCUT2D eigenvalue weighted by atomic mass is 9.98. The van der Waals surface area contributed by atoms with E-state index in [9.17, 15) is 19.5 Å². The van der Waals surface area contributed by atoms with Gasteiger partial charge < -0.3 is 29.9 Å². The van der Waals surface area contributed by atoms with Crippen molar-refractivity contribution in [2.75, 3.05) is 33.0 Å². The minimum absolute atomic E-state index is 0.0523. The number of carboxylic acids is 1. The van der Waals surface area contributed by atoms with Crippen LogP contribution in [-0.4, -0.2) is 78.1 Å². The Bertz CT molecular complexity index is 994. The molecule has 3 N–H and O–H groups in total. The first-order chi connectivity index (χ1) is 16.8. The van der Waals surface area contributed by atoms with Gasteiger partial charge in [-0.15, -0.1) is 0 Å². The van der Waals surface area contributed by atoms with Crippen LogP contribution in [0, 0.1) is 0 Å². The average Bonchev–Trinajstić information content (AvgIpc) is 3.15. The molecule has 2 amide bonds. The van der Waals surface area contributed by atoms with Crippen molar-refractivity contribution in [1.82, 2.24) is 10.2 Å². The summed E-state index contributed by atoms with van der Waals surface area (Å²) in [4.78, 5) is 38.6. The first-order valence-electron chi connectivity index (χ1n) is 11.7. The van der Waals surface area contributed by atoms with E-state index in [1.165, 1.54) is 4.90 Å². The summed E-state index contributed by atoms with van der Waals surface area (Å²) in [5.74, 6) is -1.91. The molecule has 0 spiro atoms. The van der Waals surface area contributed by atoms with Crippen LogP contribution in [0.3, 0.4) is 0 Å². The maximum Gasteiger partial charge on any atom is 0.407 e. The molecule has 1 aliphatic carbocycles. The summed E-state index contributed by atoms with van der Waals surface area (Å²) in [5, 5.41) is 20.6. The molecule has 1 unspecified atom stereocenters. The van der Waals surface area contributed by atoms with Gasteiger partial charge in [-0.3, -0.25) is 9.59 Å². The summed E-state index contributed by atoms with van der Waals surface area (Å²) in [6.45, 7) is 3.99. The molecule has 188 valence electrons. The molecule has 35 heavy (non-hydrogen) atoms. The molecular formula is C26H32N2O7. The van der Waals surface area contributed by atoms with Crippen LogP contribution in [0.5, 0.6) is 0 Å². The second kappa shape index (κ2) is 12.3. The standard InChI is InChI=1S/C26H32N2O7/c1-17(2)28(11-13-34-14-12-29)25(32)23(15-24(30)31)27-26(33)35-16-22-20-9-5-3-7-18(20)19-8-4-6-10-21(19)22/h3-10,17,22-23,29H,11-16H2,1-2H3,(H,27,33)(H,30,31). The predicted octanol–water partition coefficient (Wildman–Crippen LogP) is 2.61. The van der Waals surface area contributed by atoms with Crippen molar-refractivity contribution in [3.05, 3.63) is 59.7 Å². The molecule has 0 saturated carbocycles. The highest BCUT2D eigenvalue weighted by Gasteiger charge is 2.32. The van der Waals surface area contributed by atoms with E-state index in [-0.39, 0.29) is 44.9 Å². The van der Waals surface area contributed by atoms with Gasteiger partial charge in [0.05, 0.1) is 26.2 Å². The topological polar surface area (TPSA) is 125 Å². The van der Waals surface area contributed by atoms with E-state index < -0.39 is 30.4 Å². The van der Waals surface area contributed by atoms with Gasteiger partial charge in [0.25, 0.3) is 0 Å². The summed E-state index contributed by atoms with van der Waals surface area (Å²) in [6.07, 6.45) is -1.43. The van der Waals surface area contributed by atoms with E-state index in [4.69, 9.17) is 14.6 Å². The van der Waals surface area contributed by atoms with Gasteiger partial charge in [0.2, 0.25) is 5.91 Å². The highest BCUT2D eigenvalue weighted by molar-refractivity contribution is 5.89. The lowest BCUT2D eigenvalue weighted by Gasteiger charge is -2.30. The highest BCUT2D eigenvalue weighted by atomic mass is 16.5. The fourth-order valence-corrected chi connectivity index (χ4v) is 4.31. The van der Waals surface area contributed by atoms with Gasteiger partial charge in [0, 0.05) is 18.5 Å². The van der Waals surface area contributed by atoms with E-state index in [0.29, 0.717) is 0 Å². The normalized spacial score (nSPS) is 13.1. The van der Waals surface area contributed by atoms with E-state index >= 15 is 0 Å². The minimum atomic E-state index is -1.29. The van der Waals surface area contributed by atoms with Crippen molar-refractivity contribution in [1.29, 1.82) is 0 Å². The molecule has 0 saturated heterocycles. The maximum atomic E-state index is 13.1. The number of amides is 2. The molecule has 0 bridgehead atoms. The summed E-state index contributed by atoms with van der Waals surface area (Å²) < 4.78 is 10.7. The number of alkyl carbamates (subject to hydrolysis) is 1. The Labute approximate surface area is 204 Å². The molecule has 2 aromatic rings. The predicted molar refractivity (Wildman–Crippen MR) is 129 cm³/mol. The number of hydrogen-bond acceptors (Lipinski definition) is 6. The van der Waals surface area contributed by atoms with Crippen LogP contribution in [0.2, 0.25) is 0 Å². The number of carboxylic acid groups (broad SMARTS) is 1. The van der Waals surface area contributed by atoms with E-state index in [2.05, 4.69) is 5.32 Å². The Morgan fingerprint density at radius 1 is 1.00 bits per heavy atom. The van der Waals surface area contributed by atoms with Crippen LogP contribution < -0.4 is 5.32 Å². The van der Waals surface area contributed by atoms with Crippen molar-refractivity contribution in [2.24, 2.45) is 0 Å². The summed E-state index contributed by atoms with van der Waals surface area (Å²) in [5.41, 5.74) is 4.28. The largest absolute Gasteiger partial charge is 0.481 e. The lowest BCUT2D eigenvalue weighted by molar-refractivity contribution is -0.143. The van der Waals surface area contributed by atoms with Gasteiger partial charge in [-0.05, 0) is 36.1 Å². The number of aliphatic hydroxyl groups is 1.